The molecule has 3 atom stereocenters. The zero-order valence-electron chi connectivity index (χ0n) is 18.3. The molecule has 5 nitrogen and oxygen atoms in total. The fourth-order valence-electron chi connectivity index (χ4n) is 4.95. The Morgan fingerprint density at radius 1 is 1.12 bits per heavy atom. The molecule has 3 heterocycles. The molecule has 1 saturated heterocycles. The number of halogens is 4. The Kier molecular flexibility index (Phi) is 6.02. The Hall–Kier alpha value is -3.00. The number of likely N-dealkylation sites (tertiary alicyclic amines) is 1. The third-order valence-corrected chi connectivity index (χ3v) is 7.08. The van der Waals surface area contributed by atoms with Gasteiger partial charge in [0.1, 0.15) is 11.4 Å². The van der Waals surface area contributed by atoms with Crippen molar-refractivity contribution in [3.63, 3.8) is 0 Å². The second-order valence-corrected chi connectivity index (χ2v) is 9.36. The van der Waals surface area contributed by atoms with Gasteiger partial charge in [0.2, 0.25) is 0 Å². The Morgan fingerprint density at radius 3 is 2.59 bits per heavy atom. The standard InChI is InChI=1S/C25H24ClF3N4O/c26-20-9-5-4-8-18(20)12-16-10-11-32(15-16)24(34)19-14-30-33-22(25(27,28)29)13-21(31-23(19)33)17-6-2-1-3-7-17/h1-9,14,16,21-22,31H,10-13,15H2. The largest absolute Gasteiger partial charge is 0.410 e. The van der Waals surface area contributed by atoms with Gasteiger partial charge in [0.05, 0.1) is 12.2 Å². The van der Waals surface area contributed by atoms with E-state index in [1.807, 2.05) is 30.3 Å². The number of benzene rings is 2. The van der Waals surface area contributed by atoms with Gasteiger partial charge in [-0.25, -0.2) is 4.68 Å². The number of nitrogens with zero attached hydrogens (tertiary/aromatic N) is 3. The molecule has 0 spiro atoms. The molecule has 1 aromatic heterocycles. The lowest BCUT2D eigenvalue weighted by molar-refractivity contribution is -0.173. The van der Waals surface area contributed by atoms with Crippen LogP contribution in [0.2, 0.25) is 5.02 Å². The van der Waals surface area contributed by atoms with Gasteiger partial charge in [0, 0.05) is 24.5 Å². The average molecular weight is 489 g/mol. The van der Waals surface area contributed by atoms with Crippen LogP contribution in [0.3, 0.4) is 0 Å². The summed E-state index contributed by atoms with van der Waals surface area (Å²) in [6.07, 6.45) is -1.85. The lowest BCUT2D eigenvalue weighted by atomic mass is 9.96. The summed E-state index contributed by atoms with van der Waals surface area (Å²) in [5.41, 5.74) is 1.95. The first-order valence-corrected chi connectivity index (χ1v) is 11.7. The van der Waals surface area contributed by atoms with Gasteiger partial charge in [-0.15, -0.1) is 0 Å². The van der Waals surface area contributed by atoms with Gasteiger partial charge in [0.25, 0.3) is 5.91 Å². The maximum Gasteiger partial charge on any atom is 0.410 e. The first-order valence-electron chi connectivity index (χ1n) is 11.3. The quantitative estimate of drug-likeness (QED) is 0.497. The zero-order chi connectivity index (χ0) is 23.9. The zero-order valence-corrected chi connectivity index (χ0v) is 19.1. The predicted molar refractivity (Wildman–Crippen MR) is 124 cm³/mol. The van der Waals surface area contributed by atoms with Crippen molar-refractivity contribution < 1.29 is 18.0 Å². The van der Waals surface area contributed by atoms with E-state index < -0.39 is 18.3 Å². The number of carbonyl (C=O) groups is 1. The van der Waals surface area contributed by atoms with E-state index in [0.29, 0.717) is 18.1 Å². The third-order valence-electron chi connectivity index (χ3n) is 6.71. The summed E-state index contributed by atoms with van der Waals surface area (Å²) in [6.45, 7) is 1.07. The number of nitrogens with one attached hydrogen (secondary N) is 1. The molecule has 178 valence electrons. The van der Waals surface area contributed by atoms with Gasteiger partial charge in [-0.3, -0.25) is 4.79 Å². The highest BCUT2D eigenvalue weighted by Crippen LogP contribution is 2.44. The maximum absolute atomic E-state index is 13.9. The van der Waals surface area contributed by atoms with Crippen LogP contribution in [0.4, 0.5) is 19.0 Å². The minimum atomic E-state index is -4.48. The number of amides is 1. The van der Waals surface area contributed by atoms with Crippen molar-refractivity contribution in [3.05, 3.63) is 82.5 Å². The number of anilines is 1. The van der Waals surface area contributed by atoms with Crippen LogP contribution in [0.15, 0.2) is 60.8 Å². The van der Waals surface area contributed by atoms with Crippen molar-refractivity contribution in [1.29, 1.82) is 0 Å². The third kappa shape index (κ3) is 4.39. The Morgan fingerprint density at radius 2 is 1.85 bits per heavy atom. The Labute approximate surface area is 200 Å². The molecule has 34 heavy (non-hydrogen) atoms. The van der Waals surface area contributed by atoms with Gasteiger partial charge in [-0.1, -0.05) is 60.1 Å². The van der Waals surface area contributed by atoms with E-state index in [9.17, 15) is 18.0 Å². The van der Waals surface area contributed by atoms with Gasteiger partial charge >= 0.3 is 6.18 Å². The minimum absolute atomic E-state index is 0.127. The molecular weight excluding hydrogens is 465 g/mol. The van der Waals surface area contributed by atoms with E-state index in [1.165, 1.54) is 6.20 Å². The van der Waals surface area contributed by atoms with Crippen LogP contribution in [0.1, 0.15) is 46.4 Å². The van der Waals surface area contributed by atoms with Crippen molar-refractivity contribution in [3.8, 4) is 0 Å². The summed E-state index contributed by atoms with van der Waals surface area (Å²) in [5.74, 6) is 0.0650. The second-order valence-electron chi connectivity index (χ2n) is 8.95. The maximum atomic E-state index is 13.9. The molecule has 1 fully saturated rings. The van der Waals surface area contributed by atoms with Crippen molar-refractivity contribution in [1.82, 2.24) is 14.7 Å². The normalized spacial score (nSPS) is 22.4. The molecule has 0 radical (unpaired) electrons. The van der Waals surface area contributed by atoms with E-state index in [4.69, 9.17) is 11.6 Å². The molecule has 9 heteroatoms. The molecule has 3 unspecified atom stereocenters. The van der Waals surface area contributed by atoms with Crippen LogP contribution >= 0.6 is 11.6 Å². The number of fused-ring (bicyclic) bond motifs is 1. The monoisotopic (exact) mass is 488 g/mol. The van der Waals surface area contributed by atoms with Crippen LogP contribution in [0, 0.1) is 5.92 Å². The van der Waals surface area contributed by atoms with Crippen LogP contribution in [-0.4, -0.2) is 39.9 Å². The lowest BCUT2D eigenvalue weighted by Gasteiger charge is -2.34. The van der Waals surface area contributed by atoms with Crippen LogP contribution < -0.4 is 5.32 Å². The number of aromatic nitrogens is 2. The molecule has 1 amide bonds. The topological polar surface area (TPSA) is 50.2 Å². The van der Waals surface area contributed by atoms with Gasteiger partial charge in [-0.05, 0) is 36.0 Å². The van der Waals surface area contributed by atoms with Crippen LogP contribution in [-0.2, 0) is 6.42 Å². The molecular formula is C25H24ClF3N4O. The lowest BCUT2D eigenvalue weighted by Crippen LogP contribution is -2.37. The van der Waals surface area contributed by atoms with Crippen LogP contribution in [0.25, 0.3) is 0 Å². The average Bonchev–Trinajstić information content (AvgIpc) is 3.47. The minimum Gasteiger partial charge on any atom is -0.363 e. The molecule has 0 aliphatic carbocycles. The predicted octanol–water partition coefficient (Wildman–Crippen LogP) is 5.90. The summed E-state index contributed by atoms with van der Waals surface area (Å²) < 4.78 is 42.7. The van der Waals surface area contributed by atoms with E-state index >= 15 is 0 Å². The first kappa shape index (κ1) is 22.8. The van der Waals surface area contributed by atoms with Gasteiger partial charge in [-0.2, -0.15) is 18.3 Å². The molecule has 1 N–H and O–H groups in total. The summed E-state index contributed by atoms with van der Waals surface area (Å²) in [5, 5.41) is 7.86. The van der Waals surface area contributed by atoms with Crippen molar-refractivity contribution in [2.75, 3.05) is 18.4 Å². The van der Waals surface area contributed by atoms with E-state index in [2.05, 4.69) is 10.4 Å². The number of carbonyl (C=O) groups excluding carboxylic acids is 1. The first-order chi connectivity index (χ1) is 16.3. The molecule has 2 aliphatic heterocycles. The fourth-order valence-corrected chi connectivity index (χ4v) is 5.16. The highest BCUT2D eigenvalue weighted by atomic mass is 35.5. The van der Waals surface area contributed by atoms with E-state index in [0.717, 1.165) is 28.7 Å². The number of rotatable bonds is 4. The van der Waals surface area contributed by atoms with E-state index in [-0.39, 0.29) is 29.6 Å². The second kappa shape index (κ2) is 8.98. The van der Waals surface area contributed by atoms with Crippen molar-refractivity contribution in [2.24, 2.45) is 5.92 Å². The van der Waals surface area contributed by atoms with Crippen molar-refractivity contribution in [2.45, 2.75) is 37.5 Å². The summed E-state index contributed by atoms with van der Waals surface area (Å²) in [4.78, 5) is 15.1. The number of hydrogen-bond donors (Lipinski definition) is 1. The SMILES string of the molecule is O=C(c1cnn2c1NC(c1ccccc1)CC2C(F)(F)F)N1CCC(Cc2ccccc2Cl)C1. The molecule has 5 rings (SSSR count). The fraction of sp³-hybridized carbons (Fsp3) is 0.360. The van der Waals surface area contributed by atoms with E-state index in [1.54, 1.807) is 29.2 Å². The molecule has 2 aromatic carbocycles. The molecule has 2 aliphatic rings. The molecule has 0 bridgehead atoms. The van der Waals surface area contributed by atoms with Crippen molar-refractivity contribution >= 4 is 23.3 Å². The van der Waals surface area contributed by atoms with Gasteiger partial charge in [0.15, 0.2) is 6.04 Å². The highest BCUT2D eigenvalue weighted by molar-refractivity contribution is 6.31. The van der Waals surface area contributed by atoms with Gasteiger partial charge < -0.3 is 10.2 Å². The Bertz CT molecular complexity index is 1180. The number of hydrogen-bond acceptors (Lipinski definition) is 3. The molecule has 0 saturated carbocycles. The molecule has 3 aromatic rings. The number of alkyl halides is 3. The van der Waals surface area contributed by atoms with Crippen LogP contribution in [0.5, 0.6) is 0 Å². The smallest absolute Gasteiger partial charge is 0.363 e. The Balaban J connectivity index is 1.38. The summed E-state index contributed by atoms with van der Waals surface area (Å²) in [7, 11) is 0. The summed E-state index contributed by atoms with van der Waals surface area (Å²) >= 11 is 6.29. The highest BCUT2D eigenvalue weighted by Gasteiger charge is 2.47. The summed E-state index contributed by atoms with van der Waals surface area (Å²) in [6, 6.07) is 14.2.